The highest BCUT2D eigenvalue weighted by Crippen LogP contribution is 2.30. The number of hydrogen-bond acceptors (Lipinski definition) is 4. The number of aromatic nitrogens is 1. The minimum atomic E-state index is -5.00. The van der Waals surface area contributed by atoms with Crippen molar-refractivity contribution in [1.29, 1.82) is 0 Å². The molecule has 0 radical (unpaired) electrons. The second-order valence-electron chi connectivity index (χ2n) is 3.35. The Morgan fingerprint density at radius 1 is 1.47 bits per heavy atom. The standard InChI is InChI=1S/C10H9F4NO4/c1-18-9-5(4-11)2-7(19-10(12,13)14)15-6(9)3-8(16)17/h2H,3-4H2,1H3,(H,16,17). The van der Waals surface area contributed by atoms with Crippen molar-refractivity contribution < 1.29 is 36.9 Å². The number of methoxy groups -OCH3 is 1. The SMILES string of the molecule is COc1c(CF)cc(OC(F)(F)F)nc1CC(=O)O. The first-order chi connectivity index (χ1) is 8.76. The number of alkyl halides is 4. The number of hydrogen-bond donors (Lipinski definition) is 1. The van der Waals surface area contributed by atoms with Crippen molar-refractivity contribution in [2.45, 2.75) is 19.5 Å². The van der Waals surface area contributed by atoms with E-state index in [0.29, 0.717) is 6.07 Å². The maximum atomic E-state index is 12.7. The number of carbonyl (C=O) groups is 1. The first-order valence-electron chi connectivity index (χ1n) is 4.87. The molecule has 0 amide bonds. The van der Waals surface area contributed by atoms with Crippen LogP contribution in [-0.4, -0.2) is 29.5 Å². The lowest BCUT2D eigenvalue weighted by Gasteiger charge is -2.14. The number of ether oxygens (including phenoxy) is 2. The van der Waals surface area contributed by atoms with Crippen molar-refractivity contribution in [2.75, 3.05) is 7.11 Å². The normalized spacial score (nSPS) is 11.2. The molecule has 0 unspecified atom stereocenters. The second kappa shape index (κ2) is 5.72. The number of aliphatic carboxylic acids is 1. The lowest BCUT2D eigenvalue weighted by atomic mass is 10.1. The smallest absolute Gasteiger partial charge is 0.494 e. The fourth-order valence-electron chi connectivity index (χ4n) is 1.40. The molecule has 0 aromatic carbocycles. The molecule has 1 heterocycles. The van der Waals surface area contributed by atoms with Crippen LogP contribution in [0.1, 0.15) is 11.3 Å². The zero-order chi connectivity index (χ0) is 14.6. The minimum absolute atomic E-state index is 0.209. The van der Waals surface area contributed by atoms with E-state index in [4.69, 9.17) is 9.84 Å². The summed E-state index contributed by atoms with van der Waals surface area (Å²) in [5, 5.41) is 8.62. The van der Waals surface area contributed by atoms with Crippen molar-refractivity contribution in [1.82, 2.24) is 4.98 Å². The summed E-state index contributed by atoms with van der Waals surface area (Å²) in [6, 6.07) is 0.706. The van der Waals surface area contributed by atoms with Gasteiger partial charge in [-0.05, 0) is 0 Å². The molecule has 106 valence electrons. The number of halogens is 4. The van der Waals surface area contributed by atoms with Gasteiger partial charge in [0.05, 0.1) is 19.2 Å². The molecule has 5 nitrogen and oxygen atoms in total. The van der Waals surface area contributed by atoms with Gasteiger partial charge in [-0.2, -0.15) is 0 Å². The van der Waals surface area contributed by atoms with Crippen LogP contribution in [0, 0.1) is 0 Å². The van der Waals surface area contributed by atoms with Crippen LogP contribution < -0.4 is 9.47 Å². The molecule has 0 aliphatic heterocycles. The van der Waals surface area contributed by atoms with Gasteiger partial charge in [-0.15, -0.1) is 13.2 Å². The van der Waals surface area contributed by atoms with Crippen molar-refractivity contribution in [2.24, 2.45) is 0 Å². The van der Waals surface area contributed by atoms with Gasteiger partial charge in [-0.1, -0.05) is 0 Å². The average Bonchev–Trinajstić information content (AvgIpc) is 2.25. The molecular weight excluding hydrogens is 274 g/mol. The van der Waals surface area contributed by atoms with Gasteiger partial charge >= 0.3 is 12.3 Å². The number of nitrogens with zero attached hydrogens (tertiary/aromatic N) is 1. The first-order valence-corrected chi connectivity index (χ1v) is 4.87. The predicted octanol–water partition coefficient (Wildman–Crippen LogP) is 2.09. The maximum Gasteiger partial charge on any atom is 0.574 e. The molecule has 1 aromatic rings. The number of carboxylic acids is 1. The van der Waals surface area contributed by atoms with E-state index in [-0.39, 0.29) is 17.0 Å². The number of rotatable bonds is 5. The fourth-order valence-corrected chi connectivity index (χ4v) is 1.40. The van der Waals surface area contributed by atoms with Gasteiger partial charge < -0.3 is 14.6 Å². The van der Waals surface area contributed by atoms with E-state index in [1.54, 1.807) is 0 Å². The van der Waals surface area contributed by atoms with Crippen molar-refractivity contribution in [3.63, 3.8) is 0 Å². The highest BCUT2D eigenvalue weighted by atomic mass is 19.4. The van der Waals surface area contributed by atoms with Crippen LogP contribution >= 0.6 is 0 Å². The Bertz CT molecular complexity index is 475. The van der Waals surface area contributed by atoms with Crippen LogP contribution in [-0.2, 0) is 17.9 Å². The summed E-state index contributed by atoms with van der Waals surface area (Å²) in [5.74, 6) is -2.49. The van der Waals surface area contributed by atoms with Crippen LogP contribution in [0.3, 0.4) is 0 Å². The summed E-state index contributed by atoms with van der Waals surface area (Å²) in [7, 11) is 1.13. The van der Waals surface area contributed by atoms with Gasteiger partial charge in [0.1, 0.15) is 12.4 Å². The third-order valence-electron chi connectivity index (χ3n) is 1.98. The van der Waals surface area contributed by atoms with Gasteiger partial charge in [0.15, 0.2) is 0 Å². The quantitative estimate of drug-likeness (QED) is 0.838. The average molecular weight is 283 g/mol. The van der Waals surface area contributed by atoms with E-state index in [2.05, 4.69) is 9.72 Å². The number of carboxylic acid groups (broad SMARTS) is 1. The van der Waals surface area contributed by atoms with Crippen LogP contribution in [0.2, 0.25) is 0 Å². The molecule has 0 saturated carbocycles. The molecule has 19 heavy (non-hydrogen) atoms. The van der Waals surface area contributed by atoms with Gasteiger partial charge in [-0.25, -0.2) is 9.37 Å². The Balaban J connectivity index is 3.25. The fraction of sp³-hybridized carbons (Fsp3) is 0.400. The van der Waals surface area contributed by atoms with Gasteiger partial charge in [0.2, 0.25) is 5.88 Å². The van der Waals surface area contributed by atoms with Gasteiger partial charge in [-0.3, -0.25) is 4.79 Å². The van der Waals surface area contributed by atoms with Crippen LogP contribution in [0.25, 0.3) is 0 Å². The van der Waals surface area contributed by atoms with E-state index >= 15 is 0 Å². The molecule has 0 spiro atoms. The summed E-state index contributed by atoms with van der Waals surface area (Å²) < 4.78 is 57.2. The van der Waals surface area contributed by atoms with E-state index in [0.717, 1.165) is 7.11 Å². The largest absolute Gasteiger partial charge is 0.574 e. The second-order valence-corrected chi connectivity index (χ2v) is 3.35. The minimum Gasteiger partial charge on any atom is -0.494 e. The Hall–Kier alpha value is -2.06. The van der Waals surface area contributed by atoms with Gasteiger partial charge in [0.25, 0.3) is 0 Å². The van der Waals surface area contributed by atoms with E-state index in [9.17, 15) is 22.4 Å². The maximum absolute atomic E-state index is 12.7. The highest BCUT2D eigenvalue weighted by Gasteiger charge is 2.32. The molecule has 0 aliphatic carbocycles. The molecule has 1 N–H and O–H groups in total. The van der Waals surface area contributed by atoms with E-state index < -0.39 is 31.3 Å². The third-order valence-corrected chi connectivity index (χ3v) is 1.98. The van der Waals surface area contributed by atoms with Crippen LogP contribution in [0.5, 0.6) is 11.6 Å². The van der Waals surface area contributed by atoms with Crippen LogP contribution in [0.15, 0.2) is 6.07 Å². The van der Waals surface area contributed by atoms with Gasteiger partial charge in [0, 0.05) is 11.6 Å². The molecule has 0 bridgehead atoms. The van der Waals surface area contributed by atoms with Crippen molar-refractivity contribution in [3.8, 4) is 11.6 Å². The Morgan fingerprint density at radius 3 is 2.53 bits per heavy atom. The molecule has 1 aromatic heterocycles. The number of pyridine rings is 1. The summed E-state index contributed by atoms with van der Waals surface area (Å²) in [6.45, 7) is -1.15. The molecule has 0 aliphatic rings. The third kappa shape index (κ3) is 4.27. The predicted molar refractivity (Wildman–Crippen MR) is 53.6 cm³/mol. The lowest BCUT2D eigenvalue weighted by Crippen LogP contribution is -2.19. The molecule has 9 heteroatoms. The van der Waals surface area contributed by atoms with Crippen LogP contribution in [0.4, 0.5) is 17.6 Å². The summed E-state index contributed by atoms with van der Waals surface area (Å²) in [4.78, 5) is 13.9. The monoisotopic (exact) mass is 283 g/mol. The molecular formula is C10H9F4NO4. The summed E-state index contributed by atoms with van der Waals surface area (Å²) in [6.07, 6.45) is -5.72. The molecule has 0 saturated heterocycles. The van der Waals surface area contributed by atoms with Crippen molar-refractivity contribution >= 4 is 5.97 Å². The molecule has 1 rings (SSSR count). The first kappa shape index (κ1) is 15.0. The topological polar surface area (TPSA) is 68.7 Å². The summed E-state index contributed by atoms with van der Waals surface area (Å²) >= 11 is 0. The Morgan fingerprint density at radius 2 is 2.11 bits per heavy atom. The Labute approximate surface area is 104 Å². The summed E-state index contributed by atoms with van der Waals surface area (Å²) in [5.41, 5.74) is -0.614. The van der Waals surface area contributed by atoms with E-state index in [1.807, 2.05) is 0 Å². The zero-order valence-electron chi connectivity index (χ0n) is 9.62. The Kier molecular flexibility index (Phi) is 4.52. The lowest BCUT2D eigenvalue weighted by molar-refractivity contribution is -0.276. The van der Waals surface area contributed by atoms with E-state index in [1.165, 1.54) is 0 Å². The highest BCUT2D eigenvalue weighted by molar-refractivity contribution is 5.71. The molecule has 0 atom stereocenters. The molecule has 0 fully saturated rings. The zero-order valence-corrected chi connectivity index (χ0v) is 9.62. The van der Waals surface area contributed by atoms with Crippen molar-refractivity contribution in [3.05, 3.63) is 17.3 Å².